The third kappa shape index (κ3) is 2.80. The Morgan fingerprint density at radius 3 is 2.70 bits per heavy atom. The van der Waals surface area contributed by atoms with E-state index in [0.29, 0.717) is 18.4 Å². The van der Waals surface area contributed by atoms with E-state index < -0.39 is 0 Å². The van der Waals surface area contributed by atoms with E-state index in [1.165, 1.54) is 23.0 Å². The van der Waals surface area contributed by atoms with Crippen LogP contribution in [0.2, 0.25) is 0 Å². The Balaban J connectivity index is 1.34. The maximum absolute atomic E-state index is 12.7. The Hall–Kier alpha value is -2.75. The lowest BCUT2D eigenvalue weighted by Crippen LogP contribution is -2.38. The standard InChI is InChI=1S/C23H24N2O2/c1-24-19-12-6-5-10-17(19)14-20(24)21-18-11-7-13-25(22(18)21)23(26)27-15-16-8-3-2-4-9-16/h2-6,8-10,12,14,18,21-22H,7,11,13,15H2,1H3/t18-,21+,22-/m1/s1. The molecule has 2 heterocycles. The fraction of sp³-hybridized carbons (Fsp3) is 0.348. The Labute approximate surface area is 159 Å². The molecule has 1 saturated carbocycles. The highest BCUT2D eigenvalue weighted by atomic mass is 16.6. The summed E-state index contributed by atoms with van der Waals surface area (Å²) in [4.78, 5) is 14.7. The van der Waals surface area contributed by atoms with Gasteiger partial charge in [-0.3, -0.25) is 0 Å². The number of benzene rings is 2. The maximum Gasteiger partial charge on any atom is 0.410 e. The van der Waals surface area contributed by atoms with Gasteiger partial charge in [-0.15, -0.1) is 0 Å². The number of hydrogen-bond donors (Lipinski definition) is 0. The first kappa shape index (κ1) is 16.4. The molecule has 3 aromatic rings. The molecule has 4 heteroatoms. The van der Waals surface area contributed by atoms with Crippen molar-refractivity contribution in [1.29, 1.82) is 0 Å². The third-order valence-electron chi connectivity index (χ3n) is 6.19. The Morgan fingerprint density at radius 2 is 1.89 bits per heavy atom. The van der Waals surface area contributed by atoms with Gasteiger partial charge in [-0.1, -0.05) is 48.5 Å². The van der Waals surface area contributed by atoms with Gasteiger partial charge in [0.15, 0.2) is 0 Å². The van der Waals surface area contributed by atoms with Crippen LogP contribution in [-0.2, 0) is 18.4 Å². The van der Waals surface area contributed by atoms with Crippen molar-refractivity contribution in [3.05, 3.63) is 71.9 Å². The fourth-order valence-corrected chi connectivity index (χ4v) is 4.82. The first-order chi connectivity index (χ1) is 13.2. The quantitative estimate of drug-likeness (QED) is 0.679. The minimum atomic E-state index is -0.171. The first-order valence-electron chi connectivity index (χ1n) is 9.76. The van der Waals surface area contributed by atoms with E-state index in [0.717, 1.165) is 18.5 Å². The van der Waals surface area contributed by atoms with E-state index in [4.69, 9.17) is 4.74 Å². The van der Waals surface area contributed by atoms with Gasteiger partial charge in [0.1, 0.15) is 6.61 Å². The Morgan fingerprint density at radius 1 is 1.11 bits per heavy atom. The zero-order chi connectivity index (χ0) is 18.4. The van der Waals surface area contributed by atoms with Crippen LogP contribution in [0.5, 0.6) is 0 Å². The number of ether oxygens (including phenoxy) is 1. The van der Waals surface area contributed by atoms with Crippen molar-refractivity contribution in [3.63, 3.8) is 0 Å². The summed E-state index contributed by atoms with van der Waals surface area (Å²) in [5.74, 6) is 0.986. The highest BCUT2D eigenvalue weighted by molar-refractivity contribution is 5.81. The Bertz CT molecular complexity index is 978. The molecule has 0 radical (unpaired) electrons. The molecule has 1 amide bonds. The number of piperidine rings is 1. The number of fused-ring (bicyclic) bond motifs is 2. The second kappa shape index (κ2) is 6.45. The van der Waals surface area contributed by atoms with Gasteiger partial charge in [0, 0.05) is 36.8 Å². The van der Waals surface area contributed by atoms with Gasteiger partial charge < -0.3 is 14.2 Å². The third-order valence-corrected chi connectivity index (χ3v) is 6.19. The predicted octanol–water partition coefficient (Wildman–Crippen LogP) is 4.69. The average Bonchev–Trinajstić information content (AvgIpc) is 3.36. The summed E-state index contributed by atoms with van der Waals surface area (Å²) in [5, 5.41) is 1.27. The molecule has 138 valence electrons. The lowest BCUT2D eigenvalue weighted by molar-refractivity contribution is 0.0854. The van der Waals surface area contributed by atoms with Gasteiger partial charge in [-0.2, -0.15) is 0 Å². The van der Waals surface area contributed by atoms with Crippen LogP contribution < -0.4 is 0 Å². The molecule has 4 nitrogen and oxygen atoms in total. The van der Waals surface area contributed by atoms with Crippen LogP contribution in [0.25, 0.3) is 10.9 Å². The van der Waals surface area contributed by atoms with E-state index in [1.807, 2.05) is 35.2 Å². The van der Waals surface area contributed by atoms with Crippen molar-refractivity contribution in [2.24, 2.45) is 13.0 Å². The molecule has 2 fully saturated rings. The van der Waals surface area contributed by atoms with Crippen LogP contribution in [-0.4, -0.2) is 28.1 Å². The molecule has 2 aromatic carbocycles. The van der Waals surface area contributed by atoms with Crippen LogP contribution in [0.3, 0.4) is 0 Å². The van der Waals surface area contributed by atoms with E-state index >= 15 is 0 Å². The molecule has 1 saturated heterocycles. The normalized spacial score (nSPS) is 23.9. The molecule has 1 aromatic heterocycles. The summed E-state index contributed by atoms with van der Waals surface area (Å²) in [5.41, 5.74) is 3.63. The molecule has 0 N–H and O–H groups in total. The second-order valence-electron chi connectivity index (χ2n) is 7.74. The van der Waals surface area contributed by atoms with Gasteiger partial charge in [-0.05, 0) is 41.8 Å². The highest BCUT2D eigenvalue weighted by Crippen LogP contribution is 2.56. The largest absolute Gasteiger partial charge is 0.445 e. The lowest BCUT2D eigenvalue weighted by atomic mass is 10.1. The predicted molar refractivity (Wildman–Crippen MR) is 106 cm³/mol. The number of rotatable bonds is 3. The summed E-state index contributed by atoms with van der Waals surface area (Å²) in [6.45, 7) is 1.14. The molecule has 1 aliphatic carbocycles. The minimum absolute atomic E-state index is 0.171. The molecule has 5 rings (SSSR count). The van der Waals surface area contributed by atoms with E-state index in [-0.39, 0.29) is 12.1 Å². The number of hydrogen-bond acceptors (Lipinski definition) is 2. The van der Waals surface area contributed by atoms with E-state index in [1.54, 1.807) is 0 Å². The van der Waals surface area contributed by atoms with Crippen molar-refractivity contribution >= 4 is 17.0 Å². The Kier molecular flexibility index (Phi) is 3.92. The number of carbonyl (C=O) groups is 1. The smallest absolute Gasteiger partial charge is 0.410 e. The zero-order valence-corrected chi connectivity index (χ0v) is 15.5. The van der Waals surface area contributed by atoms with Crippen LogP contribution in [0.4, 0.5) is 4.79 Å². The molecule has 0 unspecified atom stereocenters. The molecule has 1 aliphatic heterocycles. The molecule has 2 aliphatic rings. The number of likely N-dealkylation sites (tertiary alicyclic amines) is 1. The zero-order valence-electron chi connectivity index (χ0n) is 15.5. The van der Waals surface area contributed by atoms with Gasteiger partial charge >= 0.3 is 6.09 Å². The van der Waals surface area contributed by atoms with Crippen LogP contribution >= 0.6 is 0 Å². The van der Waals surface area contributed by atoms with Crippen molar-refractivity contribution in [3.8, 4) is 0 Å². The fourth-order valence-electron chi connectivity index (χ4n) is 4.82. The summed E-state index contributed by atoms with van der Waals surface area (Å²) in [7, 11) is 2.14. The molecule has 0 bridgehead atoms. The second-order valence-corrected chi connectivity index (χ2v) is 7.74. The number of nitrogens with zero attached hydrogens (tertiary/aromatic N) is 2. The number of aromatic nitrogens is 1. The van der Waals surface area contributed by atoms with Crippen molar-refractivity contribution in [2.45, 2.75) is 31.4 Å². The number of amides is 1. The summed E-state index contributed by atoms with van der Waals surface area (Å²) < 4.78 is 7.92. The van der Waals surface area contributed by atoms with Gasteiger partial charge in [0.2, 0.25) is 0 Å². The summed E-state index contributed by atoms with van der Waals surface area (Å²) in [6, 6.07) is 21.0. The van der Waals surface area contributed by atoms with Crippen LogP contribution in [0.1, 0.15) is 30.0 Å². The monoisotopic (exact) mass is 360 g/mol. The molecular weight excluding hydrogens is 336 g/mol. The number of aryl methyl sites for hydroxylation is 1. The van der Waals surface area contributed by atoms with Gasteiger partial charge in [0.05, 0.1) is 0 Å². The van der Waals surface area contributed by atoms with E-state index in [2.05, 4.69) is 41.9 Å². The lowest BCUT2D eigenvalue weighted by Gasteiger charge is -2.26. The minimum Gasteiger partial charge on any atom is -0.445 e. The maximum atomic E-state index is 12.7. The highest BCUT2D eigenvalue weighted by Gasteiger charge is 2.58. The topological polar surface area (TPSA) is 34.5 Å². The van der Waals surface area contributed by atoms with E-state index in [9.17, 15) is 4.79 Å². The van der Waals surface area contributed by atoms with Crippen molar-refractivity contribution < 1.29 is 9.53 Å². The first-order valence-corrected chi connectivity index (χ1v) is 9.76. The summed E-state index contributed by atoms with van der Waals surface area (Å²) in [6.07, 6.45) is 2.08. The number of carbonyl (C=O) groups excluding carboxylic acids is 1. The van der Waals surface area contributed by atoms with Crippen LogP contribution in [0, 0.1) is 5.92 Å². The van der Waals surface area contributed by atoms with Crippen molar-refractivity contribution in [2.75, 3.05) is 6.54 Å². The van der Waals surface area contributed by atoms with Gasteiger partial charge in [0.25, 0.3) is 0 Å². The molecular formula is C23H24N2O2. The van der Waals surface area contributed by atoms with Crippen molar-refractivity contribution in [1.82, 2.24) is 9.47 Å². The average molecular weight is 360 g/mol. The van der Waals surface area contributed by atoms with Crippen LogP contribution in [0.15, 0.2) is 60.7 Å². The SMILES string of the molecule is Cn1c([C@@H]2[C@H]3CCCN(C(=O)OCc4ccccc4)[C@H]32)cc2ccccc21. The molecule has 3 atom stereocenters. The number of para-hydroxylation sites is 1. The molecule has 0 spiro atoms. The summed E-state index contributed by atoms with van der Waals surface area (Å²) >= 11 is 0. The van der Waals surface area contributed by atoms with Gasteiger partial charge in [-0.25, -0.2) is 4.79 Å². The molecule has 27 heavy (non-hydrogen) atoms.